The van der Waals surface area contributed by atoms with Gasteiger partial charge in [-0.1, -0.05) is 39.3 Å². The SMILES string of the molecule is CCCCN(C)C(=O)Cn1c(C(C)C)nc2ccccc21. The first-order chi connectivity index (χ1) is 10.0. The fourth-order valence-corrected chi connectivity index (χ4v) is 2.48. The van der Waals surface area contributed by atoms with Crippen molar-refractivity contribution in [2.45, 2.75) is 46.1 Å². The Labute approximate surface area is 126 Å². The van der Waals surface area contributed by atoms with Gasteiger partial charge in [0, 0.05) is 19.5 Å². The van der Waals surface area contributed by atoms with E-state index in [2.05, 4.69) is 30.3 Å². The molecule has 0 aliphatic carbocycles. The standard InChI is InChI=1S/C17H25N3O/c1-5-6-11-19(4)16(21)12-20-15-10-8-7-9-14(15)18-17(20)13(2)3/h7-10,13H,5-6,11-12H2,1-4H3. The fourth-order valence-electron chi connectivity index (χ4n) is 2.48. The van der Waals surface area contributed by atoms with E-state index in [9.17, 15) is 4.79 Å². The van der Waals surface area contributed by atoms with Gasteiger partial charge in [0.1, 0.15) is 12.4 Å². The van der Waals surface area contributed by atoms with Gasteiger partial charge >= 0.3 is 0 Å². The van der Waals surface area contributed by atoms with E-state index in [1.54, 1.807) is 0 Å². The smallest absolute Gasteiger partial charge is 0.242 e. The Bertz CT molecular complexity index is 616. The molecular weight excluding hydrogens is 262 g/mol. The van der Waals surface area contributed by atoms with Crippen molar-refractivity contribution < 1.29 is 4.79 Å². The molecule has 0 saturated heterocycles. The quantitative estimate of drug-likeness (QED) is 0.816. The first-order valence-corrected chi connectivity index (χ1v) is 7.73. The largest absolute Gasteiger partial charge is 0.344 e. The summed E-state index contributed by atoms with van der Waals surface area (Å²) in [4.78, 5) is 18.9. The molecule has 0 fully saturated rings. The molecule has 4 heteroatoms. The Kier molecular flexibility index (Phi) is 4.99. The van der Waals surface area contributed by atoms with Crippen LogP contribution < -0.4 is 0 Å². The fraction of sp³-hybridized carbons (Fsp3) is 0.529. The lowest BCUT2D eigenvalue weighted by Gasteiger charge is -2.19. The second kappa shape index (κ2) is 6.74. The van der Waals surface area contributed by atoms with Crippen LogP contribution in [0.2, 0.25) is 0 Å². The lowest BCUT2D eigenvalue weighted by Crippen LogP contribution is -2.31. The number of imidazole rings is 1. The van der Waals surface area contributed by atoms with Crippen molar-refractivity contribution >= 4 is 16.9 Å². The van der Waals surface area contributed by atoms with Gasteiger partial charge < -0.3 is 9.47 Å². The topological polar surface area (TPSA) is 38.1 Å². The molecule has 114 valence electrons. The Hall–Kier alpha value is -1.84. The third kappa shape index (κ3) is 3.43. The van der Waals surface area contributed by atoms with Gasteiger partial charge in [0.05, 0.1) is 11.0 Å². The molecule has 21 heavy (non-hydrogen) atoms. The monoisotopic (exact) mass is 287 g/mol. The summed E-state index contributed by atoms with van der Waals surface area (Å²) in [6, 6.07) is 8.02. The Balaban J connectivity index is 2.28. The van der Waals surface area contributed by atoms with E-state index in [0.29, 0.717) is 12.5 Å². The number of amides is 1. The summed E-state index contributed by atoms with van der Waals surface area (Å²) in [7, 11) is 1.88. The highest BCUT2D eigenvalue weighted by molar-refractivity contribution is 5.81. The molecule has 1 aromatic carbocycles. The van der Waals surface area contributed by atoms with Gasteiger partial charge in [-0.05, 0) is 18.6 Å². The second-order valence-electron chi connectivity index (χ2n) is 5.87. The number of benzene rings is 1. The average molecular weight is 287 g/mol. The number of nitrogens with zero attached hydrogens (tertiary/aromatic N) is 3. The molecule has 1 aromatic heterocycles. The van der Waals surface area contributed by atoms with E-state index in [0.717, 1.165) is 36.2 Å². The Morgan fingerprint density at radius 2 is 2.05 bits per heavy atom. The molecule has 0 saturated carbocycles. The van der Waals surface area contributed by atoms with Crippen LogP contribution in [0.15, 0.2) is 24.3 Å². The van der Waals surface area contributed by atoms with Crippen LogP contribution in [0.4, 0.5) is 0 Å². The summed E-state index contributed by atoms with van der Waals surface area (Å²) < 4.78 is 2.06. The van der Waals surface area contributed by atoms with E-state index in [-0.39, 0.29) is 5.91 Å². The van der Waals surface area contributed by atoms with E-state index < -0.39 is 0 Å². The zero-order chi connectivity index (χ0) is 15.4. The summed E-state index contributed by atoms with van der Waals surface area (Å²) in [5.41, 5.74) is 2.00. The van der Waals surface area contributed by atoms with Crippen LogP contribution in [-0.4, -0.2) is 34.0 Å². The highest BCUT2D eigenvalue weighted by Gasteiger charge is 2.17. The van der Waals surface area contributed by atoms with Gasteiger partial charge in [-0.3, -0.25) is 4.79 Å². The highest BCUT2D eigenvalue weighted by atomic mass is 16.2. The van der Waals surface area contributed by atoms with Crippen LogP contribution in [0.1, 0.15) is 45.4 Å². The van der Waals surface area contributed by atoms with Crippen molar-refractivity contribution in [3.63, 3.8) is 0 Å². The molecule has 2 aromatic rings. The van der Waals surface area contributed by atoms with E-state index in [4.69, 9.17) is 0 Å². The van der Waals surface area contributed by atoms with E-state index >= 15 is 0 Å². The van der Waals surface area contributed by atoms with Gasteiger partial charge in [-0.25, -0.2) is 4.98 Å². The van der Waals surface area contributed by atoms with Crippen LogP contribution in [0, 0.1) is 0 Å². The molecule has 2 rings (SSSR count). The third-order valence-electron chi connectivity index (χ3n) is 3.77. The van der Waals surface area contributed by atoms with Gasteiger partial charge in [-0.15, -0.1) is 0 Å². The molecule has 1 amide bonds. The third-order valence-corrected chi connectivity index (χ3v) is 3.77. The number of unbranched alkanes of at least 4 members (excludes halogenated alkanes) is 1. The van der Waals surface area contributed by atoms with E-state index in [1.165, 1.54) is 0 Å². The molecule has 0 bridgehead atoms. The normalized spacial score (nSPS) is 11.3. The van der Waals surface area contributed by atoms with Crippen LogP contribution in [0.3, 0.4) is 0 Å². The molecule has 0 atom stereocenters. The molecule has 1 heterocycles. The highest BCUT2D eigenvalue weighted by Crippen LogP contribution is 2.21. The van der Waals surface area contributed by atoms with Crippen LogP contribution in [0.25, 0.3) is 11.0 Å². The number of fused-ring (bicyclic) bond motifs is 1. The molecular formula is C17H25N3O. The van der Waals surface area contributed by atoms with Crippen LogP contribution >= 0.6 is 0 Å². The van der Waals surface area contributed by atoms with Crippen molar-refractivity contribution in [1.29, 1.82) is 0 Å². The zero-order valence-electron chi connectivity index (χ0n) is 13.5. The molecule has 0 radical (unpaired) electrons. The first-order valence-electron chi connectivity index (χ1n) is 7.73. The number of hydrogen-bond acceptors (Lipinski definition) is 2. The number of para-hydroxylation sites is 2. The summed E-state index contributed by atoms with van der Waals surface area (Å²) in [5.74, 6) is 1.42. The van der Waals surface area contributed by atoms with Crippen molar-refractivity contribution in [1.82, 2.24) is 14.5 Å². The molecule has 0 aliphatic heterocycles. The van der Waals surface area contributed by atoms with Crippen molar-refractivity contribution in [3.05, 3.63) is 30.1 Å². The molecule has 0 unspecified atom stereocenters. The number of rotatable bonds is 6. The molecule has 0 aliphatic rings. The number of carbonyl (C=O) groups excluding carboxylic acids is 1. The van der Waals surface area contributed by atoms with Gasteiger partial charge in [0.2, 0.25) is 5.91 Å². The zero-order valence-corrected chi connectivity index (χ0v) is 13.5. The Morgan fingerprint density at radius 3 is 2.71 bits per heavy atom. The van der Waals surface area contributed by atoms with Gasteiger partial charge in [-0.2, -0.15) is 0 Å². The minimum Gasteiger partial charge on any atom is -0.344 e. The van der Waals surface area contributed by atoms with Crippen molar-refractivity contribution in [3.8, 4) is 0 Å². The second-order valence-corrected chi connectivity index (χ2v) is 5.87. The minimum atomic E-state index is 0.147. The predicted octanol–water partition coefficient (Wildman–Crippen LogP) is 3.42. The summed E-state index contributed by atoms with van der Waals surface area (Å²) >= 11 is 0. The van der Waals surface area contributed by atoms with Gasteiger partial charge in [0.15, 0.2) is 0 Å². The summed E-state index contributed by atoms with van der Waals surface area (Å²) in [6.45, 7) is 7.55. The molecule has 0 spiro atoms. The van der Waals surface area contributed by atoms with Gasteiger partial charge in [0.25, 0.3) is 0 Å². The minimum absolute atomic E-state index is 0.147. The van der Waals surface area contributed by atoms with Crippen LogP contribution in [-0.2, 0) is 11.3 Å². The average Bonchev–Trinajstić information content (AvgIpc) is 2.84. The lowest BCUT2D eigenvalue weighted by atomic mass is 10.2. The predicted molar refractivity (Wildman–Crippen MR) is 86.4 cm³/mol. The van der Waals surface area contributed by atoms with Crippen molar-refractivity contribution in [2.75, 3.05) is 13.6 Å². The molecule has 0 N–H and O–H groups in total. The maximum absolute atomic E-state index is 12.4. The lowest BCUT2D eigenvalue weighted by molar-refractivity contribution is -0.130. The number of hydrogen-bond donors (Lipinski definition) is 0. The number of carbonyl (C=O) groups is 1. The van der Waals surface area contributed by atoms with Crippen LogP contribution in [0.5, 0.6) is 0 Å². The molecule has 4 nitrogen and oxygen atoms in total. The van der Waals surface area contributed by atoms with Crippen molar-refractivity contribution in [2.24, 2.45) is 0 Å². The number of likely N-dealkylation sites (N-methyl/N-ethyl adjacent to an activating group) is 1. The van der Waals surface area contributed by atoms with E-state index in [1.807, 2.05) is 36.2 Å². The maximum atomic E-state index is 12.4. The summed E-state index contributed by atoms with van der Waals surface area (Å²) in [5, 5.41) is 0. The Morgan fingerprint density at radius 1 is 1.33 bits per heavy atom. The summed E-state index contributed by atoms with van der Waals surface area (Å²) in [6.07, 6.45) is 2.15. The number of aromatic nitrogens is 2. The first kappa shape index (κ1) is 15.5. The maximum Gasteiger partial charge on any atom is 0.242 e.